The monoisotopic (exact) mass is 250 g/mol. The molecule has 1 aliphatic heterocycles. The largest absolute Gasteiger partial charge is 0.369 e. The minimum Gasteiger partial charge on any atom is -0.369 e. The maximum absolute atomic E-state index is 14.1. The molecule has 1 fully saturated rings. The number of halogens is 1. The van der Waals surface area contributed by atoms with E-state index in [1.165, 1.54) is 6.42 Å². The van der Waals surface area contributed by atoms with Crippen LogP contribution in [0.5, 0.6) is 0 Å². The number of benzene rings is 1. The number of anilines is 1. The molecule has 0 aliphatic carbocycles. The molecule has 0 bridgehead atoms. The third kappa shape index (κ3) is 2.83. The van der Waals surface area contributed by atoms with E-state index in [2.05, 4.69) is 18.7 Å². The molecule has 2 rings (SSSR count). The minimum absolute atomic E-state index is 0.106. The average molecular weight is 250 g/mol. The van der Waals surface area contributed by atoms with Crippen molar-refractivity contribution in [3.05, 3.63) is 29.6 Å². The molecule has 1 saturated heterocycles. The number of hydrogen-bond acceptors (Lipinski definition) is 2. The highest BCUT2D eigenvalue weighted by atomic mass is 19.1. The van der Waals surface area contributed by atoms with Gasteiger partial charge in [0.05, 0.1) is 5.69 Å². The van der Waals surface area contributed by atoms with Gasteiger partial charge in [-0.15, -0.1) is 0 Å². The molecule has 100 valence electrons. The average Bonchev–Trinajstić information content (AvgIpc) is 2.79. The normalized spacial score (nSPS) is 19.8. The lowest BCUT2D eigenvalue weighted by atomic mass is 9.95. The van der Waals surface area contributed by atoms with Crippen LogP contribution in [-0.4, -0.2) is 19.6 Å². The third-order valence-corrected chi connectivity index (χ3v) is 3.95. The summed E-state index contributed by atoms with van der Waals surface area (Å²) < 4.78 is 14.1. The molecule has 2 N–H and O–H groups in total. The van der Waals surface area contributed by atoms with Gasteiger partial charge >= 0.3 is 0 Å². The zero-order valence-electron chi connectivity index (χ0n) is 11.3. The standard InChI is InChI=1S/C15H23FN2/c1-11(2)13-6-8-18(10-13)15-4-3-12(5-7-17)9-14(15)16/h3-4,9,11,13H,5-8,10,17H2,1-2H3. The summed E-state index contributed by atoms with van der Waals surface area (Å²) in [4.78, 5) is 2.17. The van der Waals surface area contributed by atoms with Gasteiger partial charge in [-0.1, -0.05) is 19.9 Å². The molecule has 1 aromatic rings. The maximum Gasteiger partial charge on any atom is 0.146 e. The minimum atomic E-state index is -0.106. The number of rotatable bonds is 4. The van der Waals surface area contributed by atoms with Crippen LogP contribution >= 0.6 is 0 Å². The summed E-state index contributed by atoms with van der Waals surface area (Å²) in [5.74, 6) is 1.26. The molecule has 3 heteroatoms. The Morgan fingerprint density at radius 1 is 1.44 bits per heavy atom. The summed E-state index contributed by atoms with van der Waals surface area (Å²) in [6.45, 7) is 7.00. The van der Waals surface area contributed by atoms with Crippen LogP contribution in [0.4, 0.5) is 10.1 Å². The predicted octanol–water partition coefficient (Wildman–Crippen LogP) is 2.81. The van der Waals surface area contributed by atoms with Gasteiger partial charge in [-0.2, -0.15) is 0 Å². The van der Waals surface area contributed by atoms with E-state index >= 15 is 0 Å². The zero-order valence-corrected chi connectivity index (χ0v) is 11.3. The molecule has 1 atom stereocenters. The second-order valence-corrected chi connectivity index (χ2v) is 5.56. The predicted molar refractivity (Wildman–Crippen MR) is 74.3 cm³/mol. The van der Waals surface area contributed by atoms with Crippen LogP contribution in [0.25, 0.3) is 0 Å². The Hall–Kier alpha value is -1.09. The third-order valence-electron chi connectivity index (χ3n) is 3.95. The van der Waals surface area contributed by atoms with E-state index in [0.29, 0.717) is 18.4 Å². The molecule has 2 nitrogen and oxygen atoms in total. The van der Waals surface area contributed by atoms with Crippen LogP contribution in [0, 0.1) is 17.7 Å². The van der Waals surface area contributed by atoms with Gasteiger partial charge in [0.15, 0.2) is 0 Å². The van der Waals surface area contributed by atoms with Crippen molar-refractivity contribution in [1.29, 1.82) is 0 Å². The SMILES string of the molecule is CC(C)C1CCN(c2ccc(CCN)cc2F)C1. The highest BCUT2D eigenvalue weighted by Crippen LogP contribution is 2.30. The molecule has 1 heterocycles. The van der Waals surface area contributed by atoms with Crippen molar-refractivity contribution in [2.75, 3.05) is 24.5 Å². The van der Waals surface area contributed by atoms with Gasteiger partial charge in [-0.25, -0.2) is 4.39 Å². The van der Waals surface area contributed by atoms with E-state index < -0.39 is 0 Å². The highest BCUT2D eigenvalue weighted by Gasteiger charge is 2.26. The van der Waals surface area contributed by atoms with Crippen molar-refractivity contribution in [3.8, 4) is 0 Å². The van der Waals surface area contributed by atoms with Crippen molar-refractivity contribution in [2.45, 2.75) is 26.7 Å². The molecule has 0 aromatic heterocycles. The fourth-order valence-corrected chi connectivity index (χ4v) is 2.68. The van der Waals surface area contributed by atoms with Crippen LogP contribution in [0.3, 0.4) is 0 Å². The Morgan fingerprint density at radius 2 is 2.22 bits per heavy atom. The number of hydrogen-bond donors (Lipinski definition) is 1. The fourth-order valence-electron chi connectivity index (χ4n) is 2.68. The first-order chi connectivity index (χ1) is 8.61. The first kappa shape index (κ1) is 13.3. The van der Waals surface area contributed by atoms with Gasteiger partial charge in [0.2, 0.25) is 0 Å². The Labute approximate surface area is 109 Å². The number of nitrogens with two attached hydrogens (primary N) is 1. The lowest BCUT2D eigenvalue weighted by molar-refractivity contribution is 0.422. The van der Waals surface area contributed by atoms with Gasteiger partial charge in [0, 0.05) is 13.1 Å². The highest BCUT2D eigenvalue weighted by molar-refractivity contribution is 5.50. The Balaban J connectivity index is 2.10. The lowest BCUT2D eigenvalue weighted by Crippen LogP contribution is -2.22. The summed E-state index contributed by atoms with van der Waals surface area (Å²) in [5, 5.41) is 0. The lowest BCUT2D eigenvalue weighted by Gasteiger charge is -2.21. The van der Waals surface area contributed by atoms with E-state index in [1.54, 1.807) is 6.07 Å². The first-order valence-corrected chi connectivity index (χ1v) is 6.85. The molecule has 0 radical (unpaired) electrons. The van der Waals surface area contributed by atoms with Crippen molar-refractivity contribution in [3.63, 3.8) is 0 Å². The van der Waals surface area contributed by atoms with Crippen LogP contribution < -0.4 is 10.6 Å². The molecule has 18 heavy (non-hydrogen) atoms. The van der Waals surface area contributed by atoms with Crippen LogP contribution in [0.15, 0.2) is 18.2 Å². The first-order valence-electron chi connectivity index (χ1n) is 6.85. The van der Waals surface area contributed by atoms with Crippen LogP contribution in [0.1, 0.15) is 25.8 Å². The van der Waals surface area contributed by atoms with Crippen molar-refractivity contribution in [2.24, 2.45) is 17.6 Å². The van der Waals surface area contributed by atoms with E-state index in [9.17, 15) is 4.39 Å². The number of nitrogens with zero attached hydrogens (tertiary/aromatic N) is 1. The zero-order chi connectivity index (χ0) is 13.1. The second-order valence-electron chi connectivity index (χ2n) is 5.56. The fraction of sp³-hybridized carbons (Fsp3) is 0.600. The molecule has 1 aromatic carbocycles. The van der Waals surface area contributed by atoms with Gasteiger partial charge in [0.1, 0.15) is 5.82 Å². The molecule has 1 aliphatic rings. The second kappa shape index (κ2) is 5.70. The quantitative estimate of drug-likeness (QED) is 0.890. The van der Waals surface area contributed by atoms with E-state index in [4.69, 9.17) is 5.73 Å². The molecule has 0 spiro atoms. The van der Waals surface area contributed by atoms with Crippen molar-refractivity contribution < 1.29 is 4.39 Å². The summed E-state index contributed by atoms with van der Waals surface area (Å²) in [6, 6.07) is 5.53. The van der Waals surface area contributed by atoms with E-state index in [0.717, 1.165) is 30.8 Å². The molecular formula is C15H23FN2. The van der Waals surface area contributed by atoms with Crippen molar-refractivity contribution >= 4 is 5.69 Å². The summed E-state index contributed by atoms with van der Waals surface area (Å²) >= 11 is 0. The van der Waals surface area contributed by atoms with Crippen LogP contribution in [-0.2, 0) is 6.42 Å². The summed E-state index contributed by atoms with van der Waals surface area (Å²) in [6.07, 6.45) is 1.91. The summed E-state index contributed by atoms with van der Waals surface area (Å²) in [5.41, 5.74) is 7.22. The van der Waals surface area contributed by atoms with Crippen molar-refractivity contribution in [1.82, 2.24) is 0 Å². The molecular weight excluding hydrogens is 227 g/mol. The summed E-state index contributed by atoms with van der Waals surface area (Å²) in [7, 11) is 0. The van der Waals surface area contributed by atoms with Gasteiger partial charge in [-0.05, 0) is 48.9 Å². The van der Waals surface area contributed by atoms with E-state index in [1.807, 2.05) is 12.1 Å². The Bertz CT molecular complexity index is 403. The maximum atomic E-state index is 14.1. The van der Waals surface area contributed by atoms with E-state index in [-0.39, 0.29) is 5.82 Å². The van der Waals surface area contributed by atoms with Gasteiger partial charge in [0.25, 0.3) is 0 Å². The molecule has 0 saturated carbocycles. The Morgan fingerprint density at radius 3 is 2.78 bits per heavy atom. The topological polar surface area (TPSA) is 29.3 Å². The smallest absolute Gasteiger partial charge is 0.146 e. The van der Waals surface area contributed by atoms with Gasteiger partial charge < -0.3 is 10.6 Å². The van der Waals surface area contributed by atoms with Gasteiger partial charge in [-0.3, -0.25) is 0 Å². The molecule has 1 unspecified atom stereocenters. The Kier molecular flexibility index (Phi) is 4.23. The molecule has 0 amide bonds. The van der Waals surface area contributed by atoms with Crippen LogP contribution in [0.2, 0.25) is 0 Å².